The van der Waals surface area contributed by atoms with Gasteiger partial charge in [0.25, 0.3) is 5.70 Å². The van der Waals surface area contributed by atoms with Crippen molar-refractivity contribution in [2.75, 3.05) is 13.6 Å². The Hall–Kier alpha value is -1.21. The average Bonchev–Trinajstić information content (AvgIpc) is 2.34. The molecule has 1 rings (SSSR count). The van der Waals surface area contributed by atoms with Gasteiger partial charge in [0.15, 0.2) is 0 Å². The molecule has 0 unspecified atom stereocenters. The third-order valence-corrected chi connectivity index (χ3v) is 5.39. The fraction of sp³-hybridized carbons (Fsp3) is 0.615. The highest BCUT2D eigenvalue weighted by molar-refractivity contribution is 7.93. The summed E-state index contributed by atoms with van der Waals surface area (Å²) in [4.78, 5) is 10.5. The molecule has 0 bridgehead atoms. The molecule has 1 radical (unpaired) electrons. The van der Waals surface area contributed by atoms with E-state index in [1.807, 2.05) is 6.92 Å². The second kappa shape index (κ2) is 6.49. The Bertz CT molecular complexity index is 561. The van der Waals surface area contributed by atoms with Crippen LogP contribution < -0.4 is 0 Å². The summed E-state index contributed by atoms with van der Waals surface area (Å²) in [6.45, 7) is 5.76. The molecule has 0 aromatic rings. The molecule has 0 heterocycles. The van der Waals surface area contributed by atoms with Crippen LogP contribution >= 0.6 is 0 Å². The Balaban J connectivity index is 3.07. The Kier molecular flexibility index (Phi) is 5.47. The number of sulfonamides is 1. The number of rotatable bonds is 6. The summed E-state index contributed by atoms with van der Waals surface area (Å²) in [7, 11) is -2.14. The smallest absolute Gasteiger partial charge is 0.254 e. The van der Waals surface area contributed by atoms with E-state index in [4.69, 9.17) is 0 Å². The predicted octanol–water partition coefficient (Wildman–Crippen LogP) is 2.48. The first kappa shape index (κ1) is 16.8. The van der Waals surface area contributed by atoms with Crippen molar-refractivity contribution in [1.82, 2.24) is 4.31 Å². The van der Waals surface area contributed by atoms with Crippen molar-refractivity contribution >= 4 is 10.0 Å². The number of allylic oxidation sites excluding steroid dienone is 3. The molecular formula is C13H21N2O4S. The molecule has 0 saturated heterocycles. The highest BCUT2D eigenvalue weighted by Gasteiger charge is 2.33. The van der Waals surface area contributed by atoms with Crippen LogP contribution in [-0.2, 0) is 10.0 Å². The second-order valence-electron chi connectivity index (χ2n) is 5.07. The van der Waals surface area contributed by atoms with Crippen LogP contribution in [0.1, 0.15) is 40.0 Å². The predicted molar refractivity (Wildman–Crippen MR) is 77.8 cm³/mol. The molecule has 0 spiro atoms. The Morgan fingerprint density at radius 3 is 2.45 bits per heavy atom. The van der Waals surface area contributed by atoms with Gasteiger partial charge >= 0.3 is 0 Å². The van der Waals surface area contributed by atoms with Crippen molar-refractivity contribution < 1.29 is 13.3 Å². The first-order valence-corrected chi connectivity index (χ1v) is 8.00. The highest BCUT2D eigenvalue weighted by Crippen LogP contribution is 2.33. The summed E-state index contributed by atoms with van der Waals surface area (Å²) in [5.41, 5.74) is 1.12. The average molecular weight is 301 g/mol. The quantitative estimate of drug-likeness (QED) is 0.557. The second-order valence-corrected chi connectivity index (χ2v) is 7.08. The van der Waals surface area contributed by atoms with Crippen molar-refractivity contribution in [2.45, 2.75) is 40.0 Å². The molecule has 20 heavy (non-hydrogen) atoms. The number of hydrogen-bond donors (Lipinski definition) is 0. The standard InChI is InChI=1S/C13H21N2O4S/c1-5-6-7-14(4)20(18,19)13-9-12(15(16)17)10(2)8-11(13)3/h9H,5-8H2,1-4H3. The molecule has 0 aromatic carbocycles. The summed E-state index contributed by atoms with van der Waals surface area (Å²) in [6, 6.07) is 0. The third kappa shape index (κ3) is 3.46. The summed E-state index contributed by atoms with van der Waals surface area (Å²) in [5.74, 6) is 0. The monoisotopic (exact) mass is 301 g/mol. The van der Waals surface area contributed by atoms with Crippen LogP contribution in [-0.4, -0.2) is 31.2 Å². The van der Waals surface area contributed by atoms with Gasteiger partial charge in [0.2, 0.25) is 10.0 Å². The van der Waals surface area contributed by atoms with Gasteiger partial charge in [0.1, 0.15) is 6.42 Å². The normalized spacial score (nSPS) is 17.1. The molecule has 1 aliphatic rings. The zero-order valence-corrected chi connectivity index (χ0v) is 13.2. The maximum absolute atomic E-state index is 12.5. The maximum atomic E-state index is 12.5. The van der Waals surface area contributed by atoms with Crippen LogP contribution in [0.3, 0.4) is 0 Å². The molecule has 0 fully saturated rings. The van der Waals surface area contributed by atoms with Crippen molar-refractivity contribution in [1.29, 1.82) is 0 Å². The van der Waals surface area contributed by atoms with Crippen LogP contribution in [0.15, 0.2) is 21.7 Å². The molecule has 113 valence electrons. The third-order valence-electron chi connectivity index (χ3n) is 3.37. The van der Waals surface area contributed by atoms with Crippen molar-refractivity contribution in [3.63, 3.8) is 0 Å². The molecular weight excluding hydrogens is 280 g/mol. The van der Waals surface area contributed by atoms with E-state index in [1.165, 1.54) is 17.8 Å². The van der Waals surface area contributed by atoms with E-state index in [-0.39, 0.29) is 10.6 Å². The van der Waals surface area contributed by atoms with Crippen molar-refractivity contribution in [3.8, 4) is 0 Å². The fourth-order valence-corrected chi connectivity index (χ4v) is 3.60. The zero-order chi connectivity index (χ0) is 15.5. The van der Waals surface area contributed by atoms with Gasteiger partial charge < -0.3 is 0 Å². The molecule has 0 amide bonds. The van der Waals surface area contributed by atoms with E-state index in [0.717, 1.165) is 12.8 Å². The molecule has 0 N–H and O–H groups in total. The SMILES string of the molecule is CCCCN(C)S(=O)(=O)C1=C(C)CC(C)=C([N+](=O)[O-])[CH]1. The van der Waals surface area contributed by atoms with Gasteiger partial charge in [0, 0.05) is 19.2 Å². The molecule has 0 aliphatic heterocycles. The van der Waals surface area contributed by atoms with Gasteiger partial charge in [-0.2, -0.15) is 0 Å². The largest absolute Gasteiger partial charge is 0.259 e. The number of hydrogen-bond acceptors (Lipinski definition) is 4. The Labute approximate surface area is 120 Å². The molecule has 6 nitrogen and oxygen atoms in total. The van der Waals surface area contributed by atoms with Crippen LogP contribution in [0.4, 0.5) is 0 Å². The molecule has 7 heteroatoms. The van der Waals surface area contributed by atoms with E-state index in [0.29, 0.717) is 24.1 Å². The first-order valence-electron chi connectivity index (χ1n) is 6.56. The lowest BCUT2D eigenvalue weighted by Gasteiger charge is -2.23. The van der Waals surface area contributed by atoms with E-state index in [1.54, 1.807) is 13.8 Å². The summed E-state index contributed by atoms with van der Waals surface area (Å²) >= 11 is 0. The van der Waals surface area contributed by atoms with E-state index in [9.17, 15) is 18.5 Å². The molecule has 0 atom stereocenters. The van der Waals surface area contributed by atoms with Crippen LogP contribution in [0.2, 0.25) is 0 Å². The summed E-state index contributed by atoms with van der Waals surface area (Å²) in [6.07, 6.45) is 3.16. The van der Waals surface area contributed by atoms with Crippen LogP contribution in [0.5, 0.6) is 0 Å². The Morgan fingerprint density at radius 1 is 1.35 bits per heavy atom. The topological polar surface area (TPSA) is 80.5 Å². The summed E-state index contributed by atoms with van der Waals surface area (Å²) < 4.78 is 26.2. The van der Waals surface area contributed by atoms with Crippen LogP contribution in [0, 0.1) is 16.5 Å². The highest BCUT2D eigenvalue weighted by atomic mass is 32.2. The first-order chi connectivity index (χ1) is 9.21. The van der Waals surface area contributed by atoms with Gasteiger partial charge in [-0.05, 0) is 26.7 Å². The molecule has 0 aromatic heterocycles. The van der Waals surface area contributed by atoms with E-state index < -0.39 is 14.9 Å². The lowest BCUT2D eigenvalue weighted by atomic mass is 9.98. The fourth-order valence-electron chi connectivity index (χ4n) is 2.12. The van der Waals surface area contributed by atoms with Gasteiger partial charge in [0.05, 0.1) is 9.83 Å². The van der Waals surface area contributed by atoms with Crippen molar-refractivity contribution in [2.24, 2.45) is 0 Å². The minimum absolute atomic E-state index is 0.0633. The molecule has 1 aliphatic carbocycles. The van der Waals surface area contributed by atoms with Gasteiger partial charge in [-0.25, -0.2) is 12.7 Å². The van der Waals surface area contributed by atoms with Gasteiger partial charge in [-0.1, -0.05) is 18.9 Å². The lowest BCUT2D eigenvalue weighted by Crippen LogP contribution is -2.31. The Morgan fingerprint density at radius 2 is 1.95 bits per heavy atom. The minimum Gasteiger partial charge on any atom is -0.259 e. The van der Waals surface area contributed by atoms with Gasteiger partial charge in [-0.3, -0.25) is 10.1 Å². The van der Waals surface area contributed by atoms with Crippen LogP contribution in [0.25, 0.3) is 0 Å². The number of nitro groups is 1. The zero-order valence-electron chi connectivity index (χ0n) is 12.3. The van der Waals surface area contributed by atoms with E-state index in [2.05, 4.69) is 0 Å². The maximum Gasteiger partial charge on any atom is 0.254 e. The van der Waals surface area contributed by atoms with Gasteiger partial charge in [-0.15, -0.1) is 0 Å². The number of nitrogens with zero attached hydrogens (tertiary/aromatic N) is 2. The number of unbranched alkanes of at least 4 members (excludes halogenated alkanes) is 1. The summed E-state index contributed by atoms with van der Waals surface area (Å²) in [5, 5.41) is 11.0. The minimum atomic E-state index is -3.65. The lowest BCUT2D eigenvalue weighted by molar-refractivity contribution is -0.422. The van der Waals surface area contributed by atoms with E-state index >= 15 is 0 Å². The molecule has 0 saturated carbocycles. The van der Waals surface area contributed by atoms with Crippen molar-refractivity contribution in [3.05, 3.63) is 38.3 Å².